The van der Waals surface area contributed by atoms with E-state index in [2.05, 4.69) is 0 Å². The number of hydrogen-bond acceptors (Lipinski definition) is 2. The van der Waals surface area contributed by atoms with Crippen LogP contribution < -0.4 is 0 Å². The molecule has 1 aliphatic rings. The van der Waals surface area contributed by atoms with E-state index in [9.17, 15) is 9.59 Å². The largest absolute Gasteiger partial charge is 0.299 e. The van der Waals surface area contributed by atoms with Gasteiger partial charge in [-0.15, -0.1) is 0 Å². The molecule has 0 N–H and O–H groups in total. The molecule has 1 aromatic rings. The summed E-state index contributed by atoms with van der Waals surface area (Å²) in [6.07, 6.45) is 1.84. The second-order valence-electron chi connectivity index (χ2n) is 3.51. The number of Topliss-reactive ketones (excluding diaryl/α,β-unsaturated/α-hetero) is 1. The Bertz CT molecular complexity index is 460. The topological polar surface area (TPSA) is 34.1 Å². The Morgan fingerprint density at radius 1 is 1.07 bits per heavy atom. The van der Waals surface area contributed by atoms with Crippen molar-refractivity contribution >= 4 is 28.7 Å². The molecule has 15 heavy (non-hydrogen) atoms. The Kier molecular flexibility index (Phi) is 2.69. The number of benzene rings is 1. The van der Waals surface area contributed by atoms with Gasteiger partial charge in [0.25, 0.3) is 0 Å². The Morgan fingerprint density at radius 3 is 2.47 bits per heavy atom. The molecule has 0 saturated carbocycles. The summed E-state index contributed by atoms with van der Waals surface area (Å²) in [7, 11) is 0. The minimum atomic E-state index is -0.138. The second-order valence-corrected chi connectivity index (χ2v) is 3.92. The van der Waals surface area contributed by atoms with Crippen molar-refractivity contribution in [2.24, 2.45) is 0 Å². The van der Waals surface area contributed by atoms with E-state index in [1.807, 2.05) is 18.2 Å². The Hall–Kier alpha value is -1.41. The standard InChI is InChI=1S/C12H9ClO2/c13-12-4-2-1-3-11(12)8-5-9(14)7-10(15)6-8/h1-5H,6-7H2. The minimum absolute atomic E-state index is 0.0218. The Morgan fingerprint density at radius 2 is 1.80 bits per heavy atom. The van der Waals surface area contributed by atoms with E-state index in [1.54, 1.807) is 6.07 Å². The van der Waals surface area contributed by atoms with Crippen LogP contribution >= 0.6 is 11.6 Å². The van der Waals surface area contributed by atoms with Crippen LogP contribution in [0.2, 0.25) is 5.02 Å². The monoisotopic (exact) mass is 220 g/mol. The molecule has 0 unspecified atom stereocenters. The summed E-state index contributed by atoms with van der Waals surface area (Å²) in [5, 5.41) is 0.575. The van der Waals surface area contributed by atoms with Crippen molar-refractivity contribution in [3.8, 4) is 0 Å². The lowest BCUT2D eigenvalue weighted by Gasteiger charge is -2.12. The van der Waals surface area contributed by atoms with E-state index in [-0.39, 0.29) is 18.0 Å². The molecule has 0 radical (unpaired) electrons. The van der Waals surface area contributed by atoms with Gasteiger partial charge in [0, 0.05) is 11.4 Å². The molecule has 0 aromatic heterocycles. The summed E-state index contributed by atoms with van der Waals surface area (Å²) in [4.78, 5) is 22.5. The lowest BCUT2D eigenvalue weighted by molar-refractivity contribution is -0.124. The third kappa shape index (κ3) is 2.16. The van der Waals surface area contributed by atoms with E-state index in [4.69, 9.17) is 11.6 Å². The van der Waals surface area contributed by atoms with Crippen LogP contribution in [0, 0.1) is 0 Å². The summed E-state index contributed by atoms with van der Waals surface area (Å²) in [5.41, 5.74) is 1.50. The van der Waals surface area contributed by atoms with Crippen molar-refractivity contribution in [1.29, 1.82) is 0 Å². The molecule has 0 bridgehead atoms. The maximum Gasteiger partial charge on any atom is 0.163 e. The highest BCUT2D eigenvalue weighted by Gasteiger charge is 2.19. The highest BCUT2D eigenvalue weighted by Crippen LogP contribution is 2.28. The smallest absolute Gasteiger partial charge is 0.163 e. The molecule has 2 nitrogen and oxygen atoms in total. The third-order valence-corrected chi connectivity index (χ3v) is 2.64. The molecular weight excluding hydrogens is 212 g/mol. The highest BCUT2D eigenvalue weighted by molar-refractivity contribution is 6.33. The number of allylic oxidation sites excluding steroid dienone is 2. The van der Waals surface area contributed by atoms with Crippen LogP contribution in [0.1, 0.15) is 18.4 Å². The summed E-state index contributed by atoms with van der Waals surface area (Å²) in [6.45, 7) is 0. The van der Waals surface area contributed by atoms with Gasteiger partial charge in [0.05, 0.1) is 6.42 Å². The van der Waals surface area contributed by atoms with Gasteiger partial charge in [-0.05, 0) is 23.3 Å². The van der Waals surface area contributed by atoms with Gasteiger partial charge in [-0.3, -0.25) is 9.59 Å². The molecule has 76 valence electrons. The van der Waals surface area contributed by atoms with Gasteiger partial charge in [-0.25, -0.2) is 0 Å². The Labute approximate surface area is 92.6 Å². The zero-order valence-corrected chi connectivity index (χ0v) is 8.75. The van der Waals surface area contributed by atoms with Crippen LogP contribution in [0.4, 0.5) is 0 Å². The van der Waals surface area contributed by atoms with Crippen molar-refractivity contribution in [2.75, 3.05) is 0 Å². The van der Waals surface area contributed by atoms with Crippen molar-refractivity contribution < 1.29 is 9.59 Å². The molecule has 0 atom stereocenters. The quantitative estimate of drug-likeness (QED) is 0.682. The molecule has 0 amide bonds. The van der Waals surface area contributed by atoms with E-state index in [1.165, 1.54) is 6.08 Å². The van der Waals surface area contributed by atoms with E-state index < -0.39 is 0 Å². The van der Waals surface area contributed by atoms with Crippen LogP contribution in [0.5, 0.6) is 0 Å². The SMILES string of the molecule is O=C1C=C(c2ccccc2Cl)CC(=O)C1. The van der Waals surface area contributed by atoms with Gasteiger partial charge in [0.15, 0.2) is 5.78 Å². The molecule has 1 aliphatic carbocycles. The minimum Gasteiger partial charge on any atom is -0.299 e. The number of halogens is 1. The van der Waals surface area contributed by atoms with Crippen LogP contribution in [-0.4, -0.2) is 11.6 Å². The zero-order valence-electron chi connectivity index (χ0n) is 8.00. The van der Waals surface area contributed by atoms with Gasteiger partial charge in [-0.2, -0.15) is 0 Å². The van der Waals surface area contributed by atoms with E-state index in [0.29, 0.717) is 11.4 Å². The summed E-state index contributed by atoms with van der Waals surface area (Å²) in [6, 6.07) is 7.23. The first-order valence-electron chi connectivity index (χ1n) is 4.67. The van der Waals surface area contributed by atoms with Crippen molar-refractivity contribution in [3.63, 3.8) is 0 Å². The number of ketones is 2. The van der Waals surface area contributed by atoms with Crippen LogP contribution in [0.25, 0.3) is 5.57 Å². The summed E-state index contributed by atoms with van der Waals surface area (Å²) >= 11 is 5.99. The Balaban J connectivity index is 2.43. The predicted octanol–water partition coefficient (Wildman–Crippen LogP) is 2.66. The van der Waals surface area contributed by atoms with Crippen LogP contribution in [0.3, 0.4) is 0 Å². The molecule has 0 heterocycles. The normalized spacial score (nSPS) is 16.5. The van der Waals surface area contributed by atoms with Gasteiger partial charge < -0.3 is 0 Å². The van der Waals surface area contributed by atoms with E-state index in [0.717, 1.165) is 11.1 Å². The lowest BCUT2D eigenvalue weighted by Crippen LogP contribution is -2.12. The third-order valence-electron chi connectivity index (χ3n) is 2.31. The highest BCUT2D eigenvalue weighted by atomic mass is 35.5. The van der Waals surface area contributed by atoms with E-state index >= 15 is 0 Å². The maximum absolute atomic E-state index is 11.3. The lowest BCUT2D eigenvalue weighted by atomic mass is 9.92. The molecule has 0 fully saturated rings. The molecule has 0 aliphatic heterocycles. The fourth-order valence-corrected chi connectivity index (χ4v) is 1.92. The first-order valence-corrected chi connectivity index (χ1v) is 5.04. The molecule has 2 rings (SSSR count). The van der Waals surface area contributed by atoms with Gasteiger partial charge in [0.1, 0.15) is 5.78 Å². The molecule has 3 heteroatoms. The summed E-state index contributed by atoms with van der Waals surface area (Å²) in [5.74, 6) is -0.182. The predicted molar refractivity (Wildman–Crippen MR) is 58.7 cm³/mol. The van der Waals surface area contributed by atoms with Gasteiger partial charge in [0.2, 0.25) is 0 Å². The fourth-order valence-electron chi connectivity index (χ4n) is 1.66. The summed E-state index contributed by atoms with van der Waals surface area (Å²) < 4.78 is 0. The zero-order chi connectivity index (χ0) is 10.8. The average molecular weight is 221 g/mol. The number of carbonyl (C=O) groups is 2. The molecule has 0 saturated heterocycles. The molecule has 1 aromatic carbocycles. The fraction of sp³-hybridized carbons (Fsp3) is 0.167. The van der Waals surface area contributed by atoms with Gasteiger partial charge in [-0.1, -0.05) is 29.8 Å². The van der Waals surface area contributed by atoms with Crippen molar-refractivity contribution in [1.82, 2.24) is 0 Å². The first kappa shape index (κ1) is 10.1. The average Bonchev–Trinajstić information content (AvgIpc) is 2.16. The van der Waals surface area contributed by atoms with Crippen LogP contribution in [0.15, 0.2) is 30.3 Å². The van der Waals surface area contributed by atoms with Crippen LogP contribution in [-0.2, 0) is 9.59 Å². The van der Waals surface area contributed by atoms with Gasteiger partial charge >= 0.3 is 0 Å². The molecule has 0 spiro atoms. The molecular formula is C12H9ClO2. The maximum atomic E-state index is 11.3. The number of rotatable bonds is 1. The van der Waals surface area contributed by atoms with Crippen molar-refractivity contribution in [2.45, 2.75) is 12.8 Å². The van der Waals surface area contributed by atoms with Crippen molar-refractivity contribution in [3.05, 3.63) is 40.9 Å². The second kappa shape index (κ2) is 3.99. The number of carbonyl (C=O) groups excluding carboxylic acids is 2. The number of hydrogen-bond donors (Lipinski definition) is 0. The first-order chi connectivity index (χ1) is 7.16.